The van der Waals surface area contributed by atoms with Crippen molar-refractivity contribution in [3.8, 4) is 17.0 Å². The zero-order chi connectivity index (χ0) is 24.4. The molecule has 10 heteroatoms. The van der Waals surface area contributed by atoms with Crippen LogP contribution in [0.1, 0.15) is 58.5 Å². The summed E-state index contributed by atoms with van der Waals surface area (Å²) in [6.07, 6.45) is 3.05. The number of nitrogens with one attached hydrogen (secondary N) is 1. The number of pyridine rings is 1. The van der Waals surface area contributed by atoms with Crippen LogP contribution in [-0.2, 0) is 4.79 Å². The number of rotatable bonds is 9. The Morgan fingerprint density at radius 3 is 2.56 bits per heavy atom. The van der Waals surface area contributed by atoms with Crippen LogP contribution in [0, 0.1) is 11.7 Å². The Morgan fingerprint density at radius 2 is 1.94 bits per heavy atom. The molecule has 0 spiro atoms. The van der Waals surface area contributed by atoms with Crippen LogP contribution in [-0.4, -0.2) is 33.0 Å². The highest BCUT2D eigenvalue weighted by atomic mass is 32.1. The molecular weight excluding hydrogens is 459 g/mol. The monoisotopic (exact) mass is 482 g/mol. The summed E-state index contributed by atoms with van der Waals surface area (Å²) in [5.41, 5.74) is 6.41. The van der Waals surface area contributed by atoms with Crippen molar-refractivity contribution in [1.29, 1.82) is 0 Å². The molecule has 2 amide bonds. The molecule has 0 aliphatic heterocycles. The van der Waals surface area contributed by atoms with Crippen LogP contribution in [0.3, 0.4) is 0 Å². The van der Waals surface area contributed by atoms with E-state index in [1.54, 1.807) is 24.3 Å². The highest BCUT2D eigenvalue weighted by molar-refractivity contribution is 7.06. The van der Waals surface area contributed by atoms with Gasteiger partial charge in [-0.3, -0.25) is 14.4 Å². The van der Waals surface area contributed by atoms with E-state index >= 15 is 0 Å². The first kappa shape index (κ1) is 23.5. The molecule has 4 rings (SSSR count). The number of ketones is 1. The van der Waals surface area contributed by atoms with E-state index in [0.29, 0.717) is 22.7 Å². The number of benzene rings is 1. The summed E-state index contributed by atoms with van der Waals surface area (Å²) in [5, 5.41) is 2.35. The van der Waals surface area contributed by atoms with Crippen molar-refractivity contribution >= 4 is 29.1 Å². The van der Waals surface area contributed by atoms with Crippen LogP contribution >= 0.6 is 11.5 Å². The minimum absolute atomic E-state index is 0.0739. The SMILES string of the molecule is C[C@H](NC(=O)c1ccc(-c2cc([C@@H](C)Oc3ccc(C(=O)C4CC4)nc3)sn2)cc1F)C(N)=O. The van der Waals surface area contributed by atoms with Crippen molar-refractivity contribution in [3.05, 3.63) is 64.5 Å². The number of nitrogens with two attached hydrogens (primary N) is 1. The van der Waals surface area contributed by atoms with E-state index in [1.807, 2.05) is 6.92 Å². The highest BCUT2D eigenvalue weighted by Crippen LogP contribution is 2.33. The maximum Gasteiger partial charge on any atom is 0.254 e. The molecule has 176 valence electrons. The first-order chi connectivity index (χ1) is 16.2. The molecule has 1 aliphatic carbocycles. The van der Waals surface area contributed by atoms with Crippen molar-refractivity contribution in [1.82, 2.24) is 14.7 Å². The van der Waals surface area contributed by atoms with Crippen LogP contribution < -0.4 is 15.8 Å². The van der Waals surface area contributed by atoms with Gasteiger partial charge < -0.3 is 15.8 Å². The van der Waals surface area contributed by atoms with Crippen molar-refractivity contribution < 1.29 is 23.5 Å². The zero-order valence-electron chi connectivity index (χ0n) is 18.6. The maximum absolute atomic E-state index is 14.6. The second kappa shape index (κ2) is 9.68. The molecule has 34 heavy (non-hydrogen) atoms. The number of carbonyl (C=O) groups excluding carboxylic acids is 3. The van der Waals surface area contributed by atoms with E-state index in [4.69, 9.17) is 10.5 Å². The van der Waals surface area contributed by atoms with Crippen LogP contribution in [0.15, 0.2) is 42.6 Å². The lowest BCUT2D eigenvalue weighted by molar-refractivity contribution is -0.119. The first-order valence-electron chi connectivity index (χ1n) is 10.8. The smallest absolute Gasteiger partial charge is 0.254 e. The normalized spacial score (nSPS) is 14.8. The third-order valence-electron chi connectivity index (χ3n) is 5.46. The molecule has 0 unspecified atom stereocenters. The molecule has 3 aromatic rings. The van der Waals surface area contributed by atoms with Gasteiger partial charge in [0.2, 0.25) is 5.91 Å². The summed E-state index contributed by atoms with van der Waals surface area (Å²) in [5.74, 6) is -1.46. The first-order valence-corrected chi connectivity index (χ1v) is 11.5. The fourth-order valence-electron chi connectivity index (χ4n) is 3.23. The Balaban J connectivity index is 1.42. The van der Waals surface area contributed by atoms with Crippen molar-refractivity contribution in [2.45, 2.75) is 38.8 Å². The molecule has 0 radical (unpaired) electrons. The standard InChI is InChI=1S/C24H23FN4O4S/c1-12(23(26)31)28-24(32)17-7-5-15(9-18(17)25)20-10-21(34-29-20)13(2)33-16-6-8-19(27-11-16)22(30)14-3-4-14/h5-14H,3-4H2,1-2H3,(H2,26,31)(H,28,32)/t12-,13+/m0/s1. The Kier molecular flexibility index (Phi) is 6.69. The fourth-order valence-corrected chi connectivity index (χ4v) is 3.96. The van der Waals surface area contributed by atoms with Crippen LogP contribution in [0.4, 0.5) is 4.39 Å². The van der Waals surface area contributed by atoms with Gasteiger partial charge in [0.05, 0.1) is 22.3 Å². The number of ether oxygens (including phenoxy) is 1. The number of carbonyl (C=O) groups is 3. The van der Waals surface area contributed by atoms with Crippen LogP contribution in [0.2, 0.25) is 0 Å². The molecule has 2 atom stereocenters. The summed E-state index contributed by atoms with van der Waals surface area (Å²) < 4.78 is 24.9. The second-order valence-corrected chi connectivity index (χ2v) is 9.02. The Labute approximate surface area is 199 Å². The largest absolute Gasteiger partial charge is 0.484 e. The van der Waals surface area contributed by atoms with E-state index in [9.17, 15) is 18.8 Å². The number of hydrogen-bond donors (Lipinski definition) is 2. The number of hydrogen-bond acceptors (Lipinski definition) is 7. The third kappa shape index (κ3) is 5.28. The molecular formula is C24H23FN4O4S. The van der Waals surface area contributed by atoms with E-state index in [2.05, 4.69) is 14.7 Å². The van der Waals surface area contributed by atoms with Gasteiger partial charge >= 0.3 is 0 Å². The van der Waals surface area contributed by atoms with Gasteiger partial charge in [0.15, 0.2) is 5.78 Å². The lowest BCUT2D eigenvalue weighted by atomic mass is 10.1. The maximum atomic E-state index is 14.6. The van der Waals surface area contributed by atoms with Gasteiger partial charge in [0.25, 0.3) is 5.91 Å². The van der Waals surface area contributed by atoms with Crippen molar-refractivity contribution in [2.75, 3.05) is 0 Å². The topological polar surface area (TPSA) is 124 Å². The van der Waals surface area contributed by atoms with E-state index in [-0.39, 0.29) is 23.4 Å². The molecule has 1 fully saturated rings. The van der Waals surface area contributed by atoms with Gasteiger partial charge in [-0.2, -0.15) is 4.37 Å². The summed E-state index contributed by atoms with van der Waals surface area (Å²) in [7, 11) is 0. The van der Waals surface area contributed by atoms with Gasteiger partial charge in [-0.05, 0) is 68.6 Å². The Morgan fingerprint density at radius 1 is 1.18 bits per heavy atom. The second-order valence-electron chi connectivity index (χ2n) is 8.18. The number of primary amides is 1. The van der Waals surface area contributed by atoms with Crippen LogP contribution in [0.25, 0.3) is 11.3 Å². The highest BCUT2D eigenvalue weighted by Gasteiger charge is 2.31. The lowest BCUT2D eigenvalue weighted by Gasteiger charge is -2.12. The number of nitrogens with zero attached hydrogens (tertiary/aromatic N) is 2. The number of halogens is 1. The minimum atomic E-state index is -0.917. The molecule has 8 nitrogen and oxygen atoms in total. The average Bonchev–Trinajstić information content (AvgIpc) is 3.54. The molecule has 0 bridgehead atoms. The summed E-state index contributed by atoms with van der Waals surface area (Å²) in [4.78, 5) is 40.4. The van der Waals surface area contributed by atoms with E-state index in [0.717, 1.165) is 17.7 Å². The van der Waals surface area contributed by atoms with Gasteiger partial charge in [-0.15, -0.1) is 0 Å². The summed E-state index contributed by atoms with van der Waals surface area (Å²) >= 11 is 1.22. The lowest BCUT2D eigenvalue weighted by Crippen LogP contribution is -2.42. The Bertz CT molecular complexity index is 1240. The minimum Gasteiger partial charge on any atom is -0.484 e. The molecule has 2 aromatic heterocycles. The summed E-state index contributed by atoms with van der Waals surface area (Å²) in [6.45, 7) is 3.28. The van der Waals surface area contributed by atoms with Crippen LogP contribution in [0.5, 0.6) is 5.75 Å². The molecule has 1 aliphatic rings. The quantitative estimate of drug-likeness (QED) is 0.448. The molecule has 3 N–H and O–H groups in total. The van der Waals surface area contributed by atoms with Crippen molar-refractivity contribution in [2.24, 2.45) is 11.7 Å². The third-order valence-corrected chi connectivity index (χ3v) is 6.41. The zero-order valence-corrected chi connectivity index (χ0v) is 19.4. The van der Waals surface area contributed by atoms with E-state index in [1.165, 1.54) is 36.8 Å². The average molecular weight is 483 g/mol. The summed E-state index contributed by atoms with van der Waals surface area (Å²) in [6, 6.07) is 8.40. The fraction of sp³-hybridized carbons (Fsp3) is 0.292. The van der Waals surface area contributed by atoms with Gasteiger partial charge in [0, 0.05) is 11.5 Å². The molecule has 1 saturated carbocycles. The number of aromatic nitrogens is 2. The van der Waals surface area contributed by atoms with Gasteiger partial charge in [-0.25, -0.2) is 9.37 Å². The Hall–Kier alpha value is -3.66. The number of Topliss-reactive ketones (excluding diaryl/α,β-unsaturated/α-hetero) is 1. The molecule has 0 saturated heterocycles. The van der Waals surface area contributed by atoms with Gasteiger partial charge in [0.1, 0.15) is 29.4 Å². The molecule has 2 heterocycles. The number of amides is 2. The van der Waals surface area contributed by atoms with E-state index < -0.39 is 23.7 Å². The predicted octanol–water partition coefficient (Wildman–Crippen LogP) is 3.68. The van der Waals surface area contributed by atoms with Gasteiger partial charge in [-0.1, -0.05) is 6.07 Å². The van der Waals surface area contributed by atoms with Crippen molar-refractivity contribution in [3.63, 3.8) is 0 Å². The molecule has 1 aromatic carbocycles. The predicted molar refractivity (Wildman–Crippen MR) is 124 cm³/mol.